The van der Waals surface area contributed by atoms with Gasteiger partial charge in [-0.05, 0) is 80.0 Å². The van der Waals surface area contributed by atoms with Gasteiger partial charge in [0.1, 0.15) is 11.5 Å². The van der Waals surface area contributed by atoms with Crippen LogP contribution in [0.15, 0.2) is 18.2 Å². The third-order valence-electron chi connectivity index (χ3n) is 6.99. The Hall–Kier alpha value is -1.35. The van der Waals surface area contributed by atoms with E-state index < -0.39 is 11.5 Å². The number of ketones is 1. The van der Waals surface area contributed by atoms with E-state index in [0.717, 1.165) is 37.9 Å². The molecule has 1 N–H and O–H groups in total. The lowest BCUT2D eigenvalue weighted by Crippen LogP contribution is -2.56. The number of Topliss-reactive ketones (excluding diaryl/α,β-unsaturated/α-hetero) is 1. The molecule has 0 bridgehead atoms. The summed E-state index contributed by atoms with van der Waals surface area (Å²) in [6.45, 7) is 2.03. The van der Waals surface area contributed by atoms with Crippen molar-refractivity contribution in [3.8, 4) is 5.75 Å². The van der Waals surface area contributed by atoms with Crippen molar-refractivity contribution in [2.45, 2.75) is 57.5 Å². The molecule has 0 radical (unpaired) electrons. The molecule has 0 spiro atoms. The number of carbonyl (C=O) groups is 1. The van der Waals surface area contributed by atoms with Gasteiger partial charge in [-0.1, -0.05) is 6.07 Å². The van der Waals surface area contributed by atoms with Crippen molar-refractivity contribution in [2.75, 3.05) is 7.11 Å². The summed E-state index contributed by atoms with van der Waals surface area (Å²) in [6.07, 6.45) is 5.14. The molecule has 1 aromatic carbocycles. The normalized spacial score (nSPS) is 39.2. The van der Waals surface area contributed by atoms with Gasteiger partial charge < -0.3 is 9.84 Å². The van der Waals surface area contributed by atoms with E-state index in [0.29, 0.717) is 30.0 Å². The fourth-order valence-electron chi connectivity index (χ4n) is 5.66. The second kappa shape index (κ2) is 5.34. The van der Waals surface area contributed by atoms with Crippen LogP contribution < -0.4 is 4.74 Å². The maximum atomic E-state index is 12.6. The second-order valence-electron chi connectivity index (χ2n) is 7.83. The number of aliphatic hydroxyl groups is 1. The first kappa shape index (κ1) is 15.2. The lowest BCUT2D eigenvalue weighted by atomic mass is 9.49. The Morgan fingerprint density at radius 1 is 1.26 bits per heavy atom. The average molecular weight is 314 g/mol. The van der Waals surface area contributed by atoms with E-state index in [1.54, 1.807) is 7.11 Å². The van der Waals surface area contributed by atoms with E-state index in [4.69, 9.17) is 4.74 Å². The number of aryl methyl sites for hydroxylation is 1. The van der Waals surface area contributed by atoms with E-state index in [-0.39, 0.29) is 0 Å². The third kappa shape index (κ3) is 2.09. The summed E-state index contributed by atoms with van der Waals surface area (Å²) >= 11 is 0. The molecule has 0 aliphatic heterocycles. The van der Waals surface area contributed by atoms with Crippen LogP contribution in [0, 0.1) is 17.3 Å². The van der Waals surface area contributed by atoms with Crippen LogP contribution in [-0.4, -0.2) is 24.1 Å². The molecule has 3 heteroatoms. The molecular formula is C20H26O3. The van der Waals surface area contributed by atoms with E-state index in [9.17, 15) is 9.90 Å². The van der Waals surface area contributed by atoms with E-state index in [2.05, 4.69) is 12.1 Å². The van der Waals surface area contributed by atoms with Crippen molar-refractivity contribution < 1.29 is 14.6 Å². The molecule has 0 amide bonds. The van der Waals surface area contributed by atoms with Gasteiger partial charge in [0.15, 0.2) is 0 Å². The van der Waals surface area contributed by atoms with Crippen molar-refractivity contribution in [1.82, 2.24) is 0 Å². The number of benzene rings is 1. The minimum absolute atomic E-state index is 0.292. The first-order valence-electron chi connectivity index (χ1n) is 8.94. The standard InChI is InChI=1S/C20H26O3/c1-20-17(4-3-5-18(20)21)15-8-6-12-10-13(23-2)7-9-14(12)16(15)11-19(20)22/h7,9-10,15-17,19,22H,3-6,8,11H2,1-2H3/t15-,16-,17+,19-,20+/m1/s1. The first-order chi connectivity index (χ1) is 11.1. The Morgan fingerprint density at radius 3 is 2.87 bits per heavy atom. The monoisotopic (exact) mass is 314 g/mol. The van der Waals surface area contributed by atoms with Crippen LogP contribution in [0.4, 0.5) is 0 Å². The Balaban J connectivity index is 1.73. The summed E-state index contributed by atoms with van der Waals surface area (Å²) in [5.41, 5.74) is 2.23. The SMILES string of the molecule is COc1ccc2c(c1)CC[C@@H]1[C@@H]2C[C@@H](O)[C@]2(C)C(=O)CCC[C@@H]12. The summed E-state index contributed by atoms with van der Waals surface area (Å²) in [5, 5.41) is 10.9. The molecule has 4 rings (SSSR count). The number of ether oxygens (including phenoxy) is 1. The fraction of sp³-hybridized carbons (Fsp3) is 0.650. The van der Waals surface area contributed by atoms with E-state index in [1.165, 1.54) is 11.1 Å². The lowest BCUT2D eigenvalue weighted by Gasteiger charge is -2.55. The molecule has 1 aromatic rings. The molecule has 3 nitrogen and oxygen atoms in total. The largest absolute Gasteiger partial charge is 0.497 e. The highest BCUT2D eigenvalue weighted by molar-refractivity contribution is 5.86. The molecule has 3 aliphatic carbocycles. The van der Waals surface area contributed by atoms with E-state index >= 15 is 0 Å². The zero-order valence-electron chi connectivity index (χ0n) is 14.0. The third-order valence-corrected chi connectivity index (χ3v) is 6.99. The van der Waals surface area contributed by atoms with Gasteiger partial charge in [-0.15, -0.1) is 0 Å². The number of hydrogen-bond acceptors (Lipinski definition) is 3. The maximum absolute atomic E-state index is 12.6. The number of methoxy groups -OCH3 is 1. The van der Waals surface area contributed by atoms with Gasteiger partial charge >= 0.3 is 0 Å². The quantitative estimate of drug-likeness (QED) is 0.863. The molecule has 5 atom stereocenters. The van der Waals surface area contributed by atoms with Gasteiger partial charge in [-0.2, -0.15) is 0 Å². The average Bonchev–Trinajstić information content (AvgIpc) is 2.56. The van der Waals surface area contributed by atoms with Crippen molar-refractivity contribution in [2.24, 2.45) is 17.3 Å². The molecule has 0 aromatic heterocycles. The maximum Gasteiger partial charge on any atom is 0.141 e. The highest BCUT2D eigenvalue weighted by Crippen LogP contribution is 2.58. The van der Waals surface area contributed by atoms with E-state index in [1.807, 2.05) is 13.0 Å². The predicted molar refractivity (Wildman–Crippen MR) is 88.6 cm³/mol. The first-order valence-corrected chi connectivity index (χ1v) is 8.94. The summed E-state index contributed by atoms with van der Waals surface area (Å²) in [5.74, 6) is 2.47. The van der Waals surface area contributed by atoms with Crippen LogP contribution in [0.2, 0.25) is 0 Å². The molecular weight excluding hydrogens is 288 g/mol. The van der Waals surface area contributed by atoms with Crippen LogP contribution in [0.25, 0.3) is 0 Å². The summed E-state index contributed by atoms with van der Waals surface area (Å²) in [6, 6.07) is 6.37. The van der Waals surface area contributed by atoms with Crippen LogP contribution in [0.1, 0.15) is 56.1 Å². The zero-order valence-corrected chi connectivity index (χ0v) is 14.0. The van der Waals surface area contributed by atoms with Gasteiger partial charge in [-0.3, -0.25) is 4.79 Å². The second-order valence-corrected chi connectivity index (χ2v) is 7.83. The topological polar surface area (TPSA) is 46.5 Å². The number of aliphatic hydroxyl groups excluding tert-OH is 1. The molecule has 0 heterocycles. The number of fused-ring (bicyclic) bond motifs is 5. The van der Waals surface area contributed by atoms with Gasteiger partial charge in [-0.25, -0.2) is 0 Å². The summed E-state index contributed by atoms with van der Waals surface area (Å²) in [4.78, 5) is 12.6. The molecule has 3 aliphatic rings. The zero-order chi connectivity index (χ0) is 16.2. The van der Waals surface area contributed by atoms with Gasteiger partial charge in [0.05, 0.1) is 18.6 Å². The van der Waals surface area contributed by atoms with Crippen LogP contribution >= 0.6 is 0 Å². The molecule has 124 valence electrons. The Labute approximate surface area is 138 Å². The molecule has 2 fully saturated rings. The minimum atomic E-state index is -0.511. The van der Waals surface area contributed by atoms with Crippen molar-refractivity contribution >= 4 is 5.78 Å². The Bertz CT molecular complexity index is 638. The predicted octanol–water partition coefficient (Wildman–Crippen LogP) is 3.48. The number of hydrogen-bond donors (Lipinski definition) is 1. The van der Waals surface area contributed by atoms with Crippen LogP contribution in [0.3, 0.4) is 0 Å². The van der Waals surface area contributed by atoms with Gasteiger partial charge in [0.25, 0.3) is 0 Å². The molecule has 0 unspecified atom stereocenters. The summed E-state index contributed by atoms with van der Waals surface area (Å²) in [7, 11) is 1.71. The van der Waals surface area contributed by atoms with Crippen LogP contribution in [-0.2, 0) is 11.2 Å². The van der Waals surface area contributed by atoms with Gasteiger partial charge in [0, 0.05) is 6.42 Å². The smallest absolute Gasteiger partial charge is 0.141 e. The van der Waals surface area contributed by atoms with Crippen LogP contribution in [0.5, 0.6) is 5.75 Å². The molecule has 0 saturated heterocycles. The van der Waals surface area contributed by atoms with Crippen molar-refractivity contribution in [1.29, 1.82) is 0 Å². The van der Waals surface area contributed by atoms with Crippen molar-refractivity contribution in [3.63, 3.8) is 0 Å². The van der Waals surface area contributed by atoms with Crippen molar-refractivity contribution in [3.05, 3.63) is 29.3 Å². The number of carbonyl (C=O) groups excluding carboxylic acids is 1. The minimum Gasteiger partial charge on any atom is -0.497 e. The fourth-order valence-corrected chi connectivity index (χ4v) is 5.66. The van der Waals surface area contributed by atoms with Gasteiger partial charge in [0.2, 0.25) is 0 Å². The highest BCUT2D eigenvalue weighted by atomic mass is 16.5. The summed E-state index contributed by atoms with van der Waals surface area (Å²) < 4.78 is 5.36. The Kier molecular flexibility index (Phi) is 3.53. The molecule has 23 heavy (non-hydrogen) atoms. The molecule has 2 saturated carbocycles. The lowest BCUT2D eigenvalue weighted by molar-refractivity contribution is -0.156. The number of rotatable bonds is 1. The Morgan fingerprint density at radius 2 is 2.09 bits per heavy atom. The highest BCUT2D eigenvalue weighted by Gasteiger charge is 2.57.